The summed E-state index contributed by atoms with van der Waals surface area (Å²) in [5.41, 5.74) is 6.45. The number of hydrogen-bond acceptors (Lipinski definition) is 4. The minimum Gasteiger partial charge on any atom is -0.363 e. The van der Waals surface area contributed by atoms with Crippen molar-refractivity contribution in [1.82, 2.24) is 4.98 Å². The Morgan fingerprint density at radius 1 is 1.50 bits per heavy atom. The van der Waals surface area contributed by atoms with Crippen LogP contribution in [0.5, 0.6) is 0 Å². The molecule has 0 unspecified atom stereocenters. The molecule has 0 aromatic carbocycles. The third-order valence-corrected chi connectivity index (χ3v) is 3.23. The fourth-order valence-corrected chi connectivity index (χ4v) is 2.27. The summed E-state index contributed by atoms with van der Waals surface area (Å²) in [6, 6.07) is 5.59. The van der Waals surface area contributed by atoms with Crippen molar-refractivity contribution in [3.8, 4) is 6.07 Å². The van der Waals surface area contributed by atoms with Crippen LogP contribution < -0.4 is 11.1 Å². The van der Waals surface area contributed by atoms with E-state index in [0.717, 1.165) is 18.7 Å². The molecule has 1 aromatic heterocycles. The van der Waals surface area contributed by atoms with Crippen LogP contribution in [0.15, 0.2) is 18.3 Å². The van der Waals surface area contributed by atoms with Crippen molar-refractivity contribution in [3.63, 3.8) is 0 Å². The highest BCUT2D eigenvalue weighted by Gasteiger charge is 2.32. The summed E-state index contributed by atoms with van der Waals surface area (Å²) in [6.45, 7) is 0.617. The third-order valence-electron chi connectivity index (χ3n) is 3.23. The van der Waals surface area contributed by atoms with Crippen LogP contribution in [0.1, 0.15) is 31.2 Å². The van der Waals surface area contributed by atoms with Crippen LogP contribution in [0.2, 0.25) is 0 Å². The number of anilines is 1. The number of rotatable bonds is 3. The lowest BCUT2D eigenvalue weighted by Gasteiger charge is -2.29. The van der Waals surface area contributed by atoms with E-state index in [9.17, 15) is 0 Å². The smallest absolute Gasteiger partial charge is 0.127 e. The molecule has 0 amide bonds. The minimum atomic E-state index is -0.0128. The Kier molecular flexibility index (Phi) is 3.07. The van der Waals surface area contributed by atoms with E-state index in [1.165, 1.54) is 12.8 Å². The molecular weight excluding hydrogens is 200 g/mol. The second-order valence-corrected chi connectivity index (χ2v) is 4.36. The zero-order chi connectivity index (χ0) is 11.4. The lowest BCUT2D eigenvalue weighted by molar-refractivity contribution is 0.491. The summed E-state index contributed by atoms with van der Waals surface area (Å²) in [6.07, 6.45) is 6.24. The lowest BCUT2D eigenvalue weighted by atomic mass is 9.98. The Bertz CT molecular complexity index is 402. The monoisotopic (exact) mass is 216 g/mol. The molecule has 1 heterocycles. The normalized spacial score (nSPS) is 18.0. The first-order valence-corrected chi connectivity index (χ1v) is 5.62. The summed E-state index contributed by atoms with van der Waals surface area (Å²) >= 11 is 0. The molecule has 0 radical (unpaired) electrons. The number of nitrogens with two attached hydrogens (primary N) is 1. The molecule has 16 heavy (non-hydrogen) atoms. The van der Waals surface area contributed by atoms with Crippen molar-refractivity contribution in [2.75, 3.05) is 11.9 Å². The van der Waals surface area contributed by atoms with Gasteiger partial charge in [0.15, 0.2) is 0 Å². The molecule has 4 nitrogen and oxygen atoms in total. The second kappa shape index (κ2) is 4.50. The van der Waals surface area contributed by atoms with Gasteiger partial charge in [-0.15, -0.1) is 0 Å². The van der Waals surface area contributed by atoms with Gasteiger partial charge in [0, 0.05) is 12.7 Å². The average Bonchev–Trinajstić information content (AvgIpc) is 2.78. The molecule has 1 aliphatic rings. The van der Waals surface area contributed by atoms with Gasteiger partial charge in [-0.25, -0.2) is 4.98 Å². The Morgan fingerprint density at radius 2 is 2.25 bits per heavy atom. The first kappa shape index (κ1) is 10.9. The summed E-state index contributed by atoms with van der Waals surface area (Å²) in [5.74, 6) is 0.756. The van der Waals surface area contributed by atoms with Crippen LogP contribution >= 0.6 is 0 Å². The molecule has 0 saturated heterocycles. The predicted octanol–water partition coefficient (Wildman–Crippen LogP) is 1.64. The zero-order valence-corrected chi connectivity index (χ0v) is 9.24. The number of hydrogen-bond donors (Lipinski definition) is 2. The Morgan fingerprint density at radius 3 is 2.88 bits per heavy atom. The minimum absolute atomic E-state index is 0.0128. The van der Waals surface area contributed by atoms with Crippen LogP contribution in [-0.2, 0) is 0 Å². The van der Waals surface area contributed by atoms with Gasteiger partial charge in [-0.2, -0.15) is 5.26 Å². The van der Waals surface area contributed by atoms with Crippen molar-refractivity contribution in [3.05, 3.63) is 23.9 Å². The number of nitriles is 1. The molecule has 84 valence electrons. The average molecular weight is 216 g/mol. The van der Waals surface area contributed by atoms with Gasteiger partial charge in [-0.05, 0) is 25.0 Å². The molecule has 1 fully saturated rings. The van der Waals surface area contributed by atoms with Crippen LogP contribution in [0.3, 0.4) is 0 Å². The van der Waals surface area contributed by atoms with Gasteiger partial charge < -0.3 is 11.1 Å². The molecule has 0 aliphatic heterocycles. The fourth-order valence-electron chi connectivity index (χ4n) is 2.27. The van der Waals surface area contributed by atoms with Gasteiger partial charge in [0.25, 0.3) is 0 Å². The molecule has 3 N–H and O–H groups in total. The molecule has 1 aromatic rings. The van der Waals surface area contributed by atoms with E-state index in [4.69, 9.17) is 11.0 Å². The fraction of sp³-hybridized carbons (Fsp3) is 0.500. The maximum atomic E-state index is 8.81. The number of aromatic nitrogens is 1. The van der Waals surface area contributed by atoms with Gasteiger partial charge in [-0.3, -0.25) is 0 Å². The van der Waals surface area contributed by atoms with Gasteiger partial charge in [-0.1, -0.05) is 12.8 Å². The number of nitrogens with one attached hydrogen (secondary N) is 1. The maximum absolute atomic E-state index is 8.81. The molecule has 0 spiro atoms. The van der Waals surface area contributed by atoms with Crippen molar-refractivity contribution in [2.45, 2.75) is 31.2 Å². The second-order valence-electron chi connectivity index (χ2n) is 4.36. The standard InChI is InChI=1S/C12H16N4/c13-8-10-3-6-15-11(7-10)16-12(9-14)4-1-2-5-12/h3,6-7H,1-2,4-5,9,14H2,(H,15,16). The molecule has 0 bridgehead atoms. The van der Waals surface area contributed by atoms with Gasteiger partial charge in [0.05, 0.1) is 17.2 Å². The van der Waals surface area contributed by atoms with Crippen molar-refractivity contribution in [1.29, 1.82) is 5.26 Å². The molecular formula is C12H16N4. The highest BCUT2D eigenvalue weighted by molar-refractivity contribution is 5.44. The summed E-state index contributed by atoms with van der Waals surface area (Å²) in [7, 11) is 0. The quantitative estimate of drug-likeness (QED) is 0.805. The van der Waals surface area contributed by atoms with Gasteiger partial charge in [0.2, 0.25) is 0 Å². The van der Waals surface area contributed by atoms with E-state index in [-0.39, 0.29) is 5.54 Å². The first-order chi connectivity index (χ1) is 7.78. The van der Waals surface area contributed by atoms with Gasteiger partial charge in [0.1, 0.15) is 5.82 Å². The number of pyridine rings is 1. The van der Waals surface area contributed by atoms with E-state index in [1.807, 2.05) is 0 Å². The van der Waals surface area contributed by atoms with E-state index in [1.54, 1.807) is 18.3 Å². The highest BCUT2D eigenvalue weighted by atomic mass is 15.1. The lowest BCUT2D eigenvalue weighted by Crippen LogP contribution is -2.43. The summed E-state index contributed by atoms with van der Waals surface area (Å²) in [4.78, 5) is 4.23. The van der Waals surface area contributed by atoms with Crippen LogP contribution in [0.4, 0.5) is 5.82 Å². The molecule has 2 rings (SSSR count). The topological polar surface area (TPSA) is 74.7 Å². The Labute approximate surface area is 95.5 Å². The van der Waals surface area contributed by atoms with Crippen molar-refractivity contribution < 1.29 is 0 Å². The van der Waals surface area contributed by atoms with Crippen LogP contribution in [0, 0.1) is 11.3 Å². The van der Waals surface area contributed by atoms with Crippen molar-refractivity contribution in [2.24, 2.45) is 5.73 Å². The molecule has 0 atom stereocenters. The highest BCUT2D eigenvalue weighted by Crippen LogP contribution is 2.31. The molecule has 4 heteroatoms. The first-order valence-electron chi connectivity index (χ1n) is 5.62. The Hall–Kier alpha value is -1.60. The predicted molar refractivity (Wildman–Crippen MR) is 62.8 cm³/mol. The molecule has 1 saturated carbocycles. The number of nitrogens with zero attached hydrogens (tertiary/aromatic N) is 2. The molecule has 1 aliphatic carbocycles. The zero-order valence-electron chi connectivity index (χ0n) is 9.24. The van der Waals surface area contributed by atoms with Crippen molar-refractivity contribution >= 4 is 5.82 Å². The summed E-state index contributed by atoms with van der Waals surface area (Å²) < 4.78 is 0. The van der Waals surface area contributed by atoms with Crippen LogP contribution in [-0.4, -0.2) is 17.1 Å². The summed E-state index contributed by atoms with van der Waals surface area (Å²) in [5, 5.41) is 12.2. The Balaban J connectivity index is 2.16. The third kappa shape index (κ3) is 2.15. The van der Waals surface area contributed by atoms with E-state index in [2.05, 4.69) is 16.4 Å². The van der Waals surface area contributed by atoms with E-state index >= 15 is 0 Å². The van der Waals surface area contributed by atoms with E-state index in [0.29, 0.717) is 12.1 Å². The SMILES string of the molecule is N#Cc1ccnc(NC2(CN)CCCC2)c1. The van der Waals surface area contributed by atoms with Crippen LogP contribution in [0.25, 0.3) is 0 Å². The van der Waals surface area contributed by atoms with Gasteiger partial charge >= 0.3 is 0 Å². The largest absolute Gasteiger partial charge is 0.363 e. The maximum Gasteiger partial charge on any atom is 0.127 e. The van der Waals surface area contributed by atoms with E-state index < -0.39 is 0 Å².